The van der Waals surface area contributed by atoms with Crippen molar-refractivity contribution < 1.29 is 4.79 Å². The molecule has 110 valence electrons. The highest BCUT2D eigenvalue weighted by Crippen LogP contribution is 2.19. The summed E-state index contributed by atoms with van der Waals surface area (Å²) in [5.74, 6) is 2.58. The van der Waals surface area contributed by atoms with Crippen molar-refractivity contribution in [2.75, 3.05) is 23.7 Å². The Labute approximate surface area is 119 Å². The Balaban J connectivity index is 2.18. The lowest BCUT2D eigenvalue weighted by atomic mass is 10.1. The average molecular weight is 277 g/mol. The summed E-state index contributed by atoms with van der Waals surface area (Å²) in [7, 11) is 0. The van der Waals surface area contributed by atoms with Gasteiger partial charge in [0.15, 0.2) is 0 Å². The van der Waals surface area contributed by atoms with E-state index >= 15 is 0 Å². The van der Waals surface area contributed by atoms with Crippen LogP contribution < -0.4 is 16.0 Å². The molecule has 3 N–H and O–H groups in total. The molecule has 6 nitrogen and oxygen atoms in total. The molecule has 20 heavy (non-hydrogen) atoms. The van der Waals surface area contributed by atoms with Crippen LogP contribution >= 0.6 is 0 Å². The van der Waals surface area contributed by atoms with E-state index in [1.807, 2.05) is 13.0 Å². The summed E-state index contributed by atoms with van der Waals surface area (Å²) in [6.07, 6.45) is 1.83. The third-order valence-electron chi connectivity index (χ3n) is 3.23. The van der Waals surface area contributed by atoms with Crippen LogP contribution in [0, 0.1) is 0 Å². The molecule has 1 aromatic heterocycles. The molecule has 6 heteroatoms. The molecule has 2 rings (SSSR count). The first-order valence-corrected chi connectivity index (χ1v) is 7.27. The average Bonchev–Trinajstić information content (AvgIpc) is 2.41. The number of carbonyl (C=O) groups excluding carboxylic acids is 1. The van der Waals surface area contributed by atoms with Crippen LogP contribution in [-0.4, -0.2) is 35.0 Å². The van der Waals surface area contributed by atoms with E-state index in [9.17, 15) is 4.79 Å². The van der Waals surface area contributed by atoms with Crippen molar-refractivity contribution in [3.05, 3.63) is 11.9 Å². The molecule has 0 saturated carbocycles. The van der Waals surface area contributed by atoms with Gasteiger partial charge in [-0.15, -0.1) is 0 Å². The molecule has 1 unspecified atom stereocenters. The van der Waals surface area contributed by atoms with Crippen molar-refractivity contribution in [2.24, 2.45) is 0 Å². The maximum absolute atomic E-state index is 11.8. The molecule has 0 aromatic carbocycles. The van der Waals surface area contributed by atoms with Crippen LogP contribution in [-0.2, 0) is 4.79 Å². The SMILES string of the molecule is CCNc1cc(NC2CCCNC2=O)nc(C(C)C)n1. The Hall–Kier alpha value is -1.85. The van der Waals surface area contributed by atoms with Crippen molar-refractivity contribution in [1.29, 1.82) is 0 Å². The molecule has 0 bridgehead atoms. The number of piperidine rings is 1. The fourth-order valence-corrected chi connectivity index (χ4v) is 2.16. The second-order valence-corrected chi connectivity index (χ2v) is 5.31. The molecule has 0 spiro atoms. The summed E-state index contributed by atoms with van der Waals surface area (Å²) in [4.78, 5) is 20.8. The second kappa shape index (κ2) is 6.54. The summed E-state index contributed by atoms with van der Waals surface area (Å²) in [5, 5.41) is 9.29. The lowest BCUT2D eigenvalue weighted by Crippen LogP contribution is -2.44. The van der Waals surface area contributed by atoms with Crippen molar-refractivity contribution >= 4 is 17.5 Å². The molecule has 1 saturated heterocycles. The third kappa shape index (κ3) is 3.59. The molecule has 1 aliphatic heterocycles. The molecular weight excluding hydrogens is 254 g/mol. The number of hydrogen-bond donors (Lipinski definition) is 3. The van der Waals surface area contributed by atoms with Gasteiger partial charge in [0, 0.05) is 25.1 Å². The van der Waals surface area contributed by atoms with Gasteiger partial charge in [-0.05, 0) is 19.8 Å². The minimum Gasteiger partial charge on any atom is -0.370 e. The Kier molecular flexibility index (Phi) is 4.76. The van der Waals surface area contributed by atoms with Crippen molar-refractivity contribution in [3.8, 4) is 0 Å². The summed E-state index contributed by atoms with van der Waals surface area (Å²) >= 11 is 0. The van der Waals surface area contributed by atoms with Crippen LogP contribution in [0.4, 0.5) is 11.6 Å². The van der Waals surface area contributed by atoms with Crippen LogP contribution in [0.5, 0.6) is 0 Å². The third-order valence-corrected chi connectivity index (χ3v) is 3.23. The second-order valence-electron chi connectivity index (χ2n) is 5.31. The number of carbonyl (C=O) groups is 1. The normalized spacial score (nSPS) is 18.8. The van der Waals surface area contributed by atoms with E-state index in [1.165, 1.54) is 0 Å². The van der Waals surface area contributed by atoms with Gasteiger partial charge in [-0.1, -0.05) is 13.8 Å². The first-order valence-electron chi connectivity index (χ1n) is 7.27. The molecule has 0 radical (unpaired) electrons. The van der Waals surface area contributed by atoms with E-state index in [0.29, 0.717) is 5.82 Å². The molecule has 1 aromatic rings. The van der Waals surface area contributed by atoms with Gasteiger partial charge in [0.2, 0.25) is 5.91 Å². The van der Waals surface area contributed by atoms with Gasteiger partial charge in [0.1, 0.15) is 23.5 Å². The van der Waals surface area contributed by atoms with Crippen LogP contribution in [0.15, 0.2) is 6.07 Å². The molecule has 1 aliphatic rings. The van der Waals surface area contributed by atoms with Crippen LogP contribution in [0.1, 0.15) is 45.4 Å². The first-order chi connectivity index (χ1) is 9.60. The Morgan fingerprint density at radius 1 is 1.40 bits per heavy atom. The zero-order chi connectivity index (χ0) is 14.5. The van der Waals surface area contributed by atoms with E-state index in [4.69, 9.17) is 0 Å². The number of hydrogen-bond acceptors (Lipinski definition) is 5. The quantitative estimate of drug-likeness (QED) is 0.764. The van der Waals surface area contributed by atoms with E-state index in [-0.39, 0.29) is 17.9 Å². The van der Waals surface area contributed by atoms with Gasteiger partial charge in [-0.3, -0.25) is 4.79 Å². The zero-order valence-corrected chi connectivity index (χ0v) is 12.4. The molecule has 1 amide bonds. The first kappa shape index (κ1) is 14.6. The number of nitrogens with zero attached hydrogens (tertiary/aromatic N) is 2. The standard InChI is InChI=1S/C14H23N5O/c1-4-15-11-8-12(19-13(18-11)9(2)3)17-10-6-5-7-16-14(10)20/h8-10H,4-7H2,1-3H3,(H,16,20)(H2,15,17,18,19). The van der Waals surface area contributed by atoms with E-state index < -0.39 is 0 Å². The highest BCUT2D eigenvalue weighted by molar-refractivity contribution is 5.85. The smallest absolute Gasteiger partial charge is 0.242 e. The molecule has 1 fully saturated rings. The summed E-state index contributed by atoms with van der Waals surface area (Å²) in [6, 6.07) is 1.66. The predicted octanol–water partition coefficient (Wildman–Crippen LogP) is 1.72. The predicted molar refractivity (Wildman–Crippen MR) is 79.9 cm³/mol. The maximum Gasteiger partial charge on any atom is 0.242 e. The summed E-state index contributed by atoms with van der Waals surface area (Å²) in [6.45, 7) is 7.71. The van der Waals surface area contributed by atoms with Gasteiger partial charge < -0.3 is 16.0 Å². The molecule has 2 heterocycles. The van der Waals surface area contributed by atoms with Gasteiger partial charge in [-0.2, -0.15) is 0 Å². The number of anilines is 2. The van der Waals surface area contributed by atoms with Gasteiger partial charge >= 0.3 is 0 Å². The lowest BCUT2D eigenvalue weighted by Gasteiger charge is -2.23. The lowest BCUT2D eigenvalue weighted by molar-refractivity contribution is -0.123. The maximum atomic E-state index is 11.8. The highest BCUT2D eigenvalue weighted by atomic mass is 16.2. The highest BCUT2D eigenvalue weighted by Gasteiger charge is 2.22. The Morgan fingerprint density at radius 3 is 2.80 bits per heavy atom. The zero-order valence-electron chi connectivity index (χ0n) is 12.4. The molecule has 1 atom stereocenters. The number of nitrogens with one attached hydrogen (secondary N) is 3. The van der Waals surface area contributed by atoms with Crippen molar-refractivity contribution in [3.63, 3.8) is 0 Å². The molecule has 0 aliphatic carbocycles. The Morgan fingerprint density at radius 2 is 2.15 bits per heavy atom. The fraction of sp³-hybridized carbons (Fsp3) is 0.643. The van der Waals surface area contributed by atoms with Gasteiger partial charge in [0.25, 0.3) is 0 Å². The minimum atomic E-state index is -0.201. The van der Waals surface area contributed by atoms with E-state index in [1.54, 1.807) is 0 Å². The van der Waals surface area contributed by atoms with Crippen molar-refractivity contribution in [1.82, 2.24) is 15.3 Å². The van der Waals surface area contributed by atoms with Gasteiger partial charge in [0.05, 0.1) is 0 Å². The number of rotatable bonds is 5. The minimum absolute atomic E-state index is 0.0472. The van der Waals surface area contributed by atoms with Gasteiger partial charge in [-0.25, -0.2) is 9.97 Å². The molecular formula is C14H23N5O. The fourth-order valence-electron chi connectivity index (χ4n) is 2.16. The number of aromatic nitrogens is 2. The summed E-state index contributed by atoms with van der Waals surface area (Å²) < 4.78 is 0. The van der Waals surface area contributed by atoms with E-state index in [0.717, 1.165) is 37.6 Å². The largest absolute Gasteiger partial charge is 0.370 e. The van der Waals surface area contributed by atoms with Crippen LogP contribution in [0.2, 0.25) is 0 Å². The van der Waals surface area contributed by atoms with Crippen molar-refractivity contribution in [2.45, 2.75) is 45.6 Å². The monoisotopic (exact) mass is 277 g/mol. The topological polar surface area (TPSA) is 78.9 Å². The summed E-state index contributed by atoms with van der Waals surface area (Å²) in [5.41, 5.74) is 0. The van der Waals surface area contributed by atoms with Crippen LogP contribution in [0.25, 0.3) is 0 Å². The van der Waals surface area contributed by atoms with E-state index in [2.05, 4.69) is 39.8 Å². The number of amides is 1. The van der Waals surface area contributed by atoms with Crippen LogP contribution in [0.3, 0.4) is 0 Å². The Bertz CT molecular complexity index is 475.